The Morgan fingerprint density at radius 1 is 0.933 bits per heavy atom. The highest BCUT2D eigenvalue weighted by atomic mass is 32.2. The van der Waals surface area contributed by atoms with Crippen LogP contribution >= 0.6 is 22.7 Å². The predicted molar refractivity (Wildman–Crippen MR) is 183 cm³/mol. The molecule has 2 aliphatic rings. The van der Waals surface area contributed by atoms with Crippen LogP contribution in [0.5, 0.6) is 0 Å². The normalized spacial score (nSPS) is 19.4. The number of thiophene rings is 1. The Balaban J connectivity index is 1.16. The van der Waals surface area contributed by atoms with E-state index in [1.54, 1.807) is 51.2 Å². The lowest BCUT2D eigenvalue weighted by atomic mass is 9.94. The first kappa shape index (κ1) is 30.3. The summed E-state index contributed by atoms with van der Waals surface area (Å²) >= 11 is 3.27. The highest BCUT2D eigenvalue weighted by Gasteiger charge is 2.32. The number of nitrogens with one attached hydrogen (secondary N) is 1. The van der Waals surface area contributed by atoms with Crippen molar-refractivity contribution in [2.45, 2.75) is 44.7 Å². The number of piperidine rings is 1. The van der Waals surface area contributed by atoms with Crippen LogP contribution in [0.25, 0.3) is 20.8 Å². The molecule has 2 aliphatic heterocycles. The highest BCUT2D eigenvalue weighted by Crippen LogP contribution is 2.46. The Kier molecular flexibility index (Phi) is 8.35. The van der Waals surface area contributed by atoms with Crippen molar-refractivity contribution in [2.75, 3.05) is 25.0 Å². The summed E-state index contributed by atoms with van der Waals surface area (Å²) in [6.45, 7) is 7.84. The quantitative estimate of drug-likeness (QED) is 0.196. The maximum absolute atomic E-state index is 13.6. The van der Waals surface area contributed by atoms with Gasteiger partial charge in [0.15, 0.2) is 0 Å². The van der Waals surface area contributed by atoms with Gasteiger partial charge in [0.2, 0.25) is 10.0 Å². The number of thiazole rings is 1. The lowest BCUT2D eigenvalue weighted by Crippen LogP contribution is -2.42. The molecule has 3 aromatic carbocycles. The molecule has 1 N–H and O–H groups in total. The van der Waals surface area contributed by atoms with Crippen molar-refractivity contribution in [2.24, 2.45) is 11.8 Å². The molecule has 2 atom stereocenters. The van der Waals surface area contributed by atoms with Gasteiger partial charge in [-0.05, 0) is 72.2 Å². The van der Waals surface area contributed by atoms with Crippen molar-refractivity contribution in [3.8, 4) is 10.6 Å². The molecule has 1 saturated heterocycles. The number of amides is 1. The van der Waals surface area contributed by atoms with Gasteiger partial charge in [0.25, 0.3) is 5.91 Å². The second kappa shape index (κ2) is 12.4. The van der Waals surface area contributed by atoms with Gasteiger partial charge < -0.3 is 5.32 Å². The predicted octanol–water partition coefficient (Wildman–Crippen LogP) is 7.50. The van der Waals surface area contributed by atoms with Gasteiger partial charge in [-0.15, -0.1) is 22.7 Å². The molecular formula is C35H36N4O3S3. The molecule has 7 rings (SSSR count). The maximum atomic E-state index is 13.6. The van der Waals surface area contributed by atoms with Crippen LogP contribution in [0, 0.1) is 11.8 Å². The number of hydrogen-bond acceptors (Lipinski definition) is 7. The molecule has 0 radical (unpaired) electrons. The molecule has 7 nitrogen and oxygen atoms in total. The SMILES string of the molecule is CC1CC(C)CN(S(=O)(=O)c2ccc(C(=O)Nc3sc4c(c3-c3nc5ccccc5s3)CCN(Cc3ccccc3)C4)cc2)C1. The smallest absolute Gasteiger partial charge is 0.256 e. The number of nitrogens with zero attached hydrogens (tertiary/aromatic N) is 3. The Morgan fingerprint density at radius 2 is 1.64 bits per heavy atom. The number of para-hydroxylation sites is 1. The van der Waals surface area contributed by atoms with E-state index in [1.165, 1.54) is 16.0 Å². The van der Waals surface area contributed by atoms with E-state index < -0.39 is 10.0 Å². The molecule has 5 aromatic rings. The largest absolute Gasteiger partial charge is 0.313 e. The van der Waals surface area contributed by atoms with Crippen LogP contribution in [0.2, 0.25) is 0 Å². The van der Waals surface area contributed by atoms with Crippen LogP contribution < -0.4 is 5.32 Å². The molecule has 45 heavy (non-hydrogen) atoms. The van der Waals surface area contributed by atoms with Crippen LogP contribution in [-0.2, 0) is 29.5 Å². The first-order chi connectivity index (χ1) is 21.7. The van der Waals surface area contributed by atoms with Crippen molar-refractivity contribution >= 4 is 53.8 Å². The van der Waals surface area contributed by atoms with Crippen molar-refractivity contribution in [3.63, 3.8) is 0 Å². The number of fused-ring (bicyclic) bond motifs is 2. The topological polar surface area (TPSA) is 82.6 Å². The fraction of sp³-hybridized carbons (Fsp3) is 0.314. The highest BCUT2D eigenvalue weighted by molar-refractivity contribution is 7.89. The summed E-state index contributed by atoms with van der Waals surface area (Å²) < 4.78 is 29.5. The van der Waals surface area contributed by atoms with E-state index in [0.717, 1.165) is 58.3 Å². The standard InChI is InChI=1S/C35H36N4O3S3/c1-23-18-24(2)20-39(19-23)45(41,42)27-14-12-26(13-15-27)33(40)37-35-32(34-36-29-10-6-7-11-30(29)43-34)28-16-17-38(22-31(28)44-35)21-25-8-4-3-5-9-25/h3-15,23-24H,16-22H2,1-2H3,(H,37,40). The fourth-order valence-electron chi connectivity index (χ4n) is 6.63. The third-order valence-electron chi connectivity index (χ3n) is 8.71. The van der Waals surface area contributed by atoms with Crippen LogP contribution in [0.15, 0.2) is 83.8 Å². The molecule has 1 fully saturated rings. The molecule has 1 amide bonds. The summed E-state index contributed by atoms with van der Waals surface area (Å²) in [6.07, 6.45) is 1.90. The van der Waals surface area contributed by atoms with E-state index in [4.69, 9.17) is 4.98 Å². The number of hydrogen-bond donors (Lipinski definition) is 1. The minimum atomic E-state index is -3.62. The number of benzene rings is 3. The molecule has 10 heteroatoms. The van der Waals surface area contributed by atoms with Gasteiger partial charge in [-0.3, -0.25) is 9.69 Å². The van der Waals surface area contributed by atoms with Crippen LogP contribution in [0.3, 0.4) is 0 Å². The number of rotatable bonds is 7. The van der Waals surface area contributed by atoms with Gasteiger partial charge in [-0.25, -0.2) is 13.4 Å². The lowest BCUT2D eigenvalue weighted by molar-refractivity contribution is 0.102. The second-order valence-corrected chi connectivity index (χ2v) is 16.5. The minimum absolute atomic E-state index is 0.223. The monoisotopic (exact) mass is 656 g/mol. The fourth-order valence-corrected chi connectivity index (χ4v) is 10.7. The molecular weight excluding hydrogens is 621 g/mol. The molecule has 0 aliphatic carbocycles. The van der Waals surface area contributed by atoms with E-state index >= 15 is 0 Å². The average molecular weight is 657 g/mol. The van der Waals surface area contributed by atoms with E-state index in [9.17, 15) is 13.2 Å². The first-order valence-corrected chi connectivity index (χ1v) is 18.5. The van der Waals surface area contributed by atoms with Gasteiger partial charge in [-0.2, -0.15) is 4.31 Å². The zero-order valence-corrected chi connectivity index (χ0v) is 27.9. The van der Waals surface area contributed by atoms with Gasteiger partial charge in [0, 0.05) is 48.7 Å². The number of anilines is 1. The number of carbonyl (C=O) groups excluding carboxylic acids is 1. The van der Waals surface area contributed by atoms with Crippen LogP contribution in [0.4, 0.5) is 5.00 Å². The van der Waals surface area contributed by atoms with Crippen molar-refractivity contribution in [1.29, 1.82) is 0 Å². The minimum Gasteiger partial charge on any atom is -0.313 e. The number of sulfonamides is 1. The number of carbonyl (C=O) groups is 1. The van der Waals surface area contributed by atoms with Gasteiger partial charge in [0.1, 0.15) is 10.0 Å². The summed E-state index contributed by atoms with van der Waals surface area (Å²) in [5.74, 6) is 0.377. The van der Waals surface area contributed by atoms with Gasteiger partial charge in [-0.1, -0.05) is 56.3 Å². The zero-order valence-electron chi connectivity index (χ0n) is 25.4. The molecule has 2 unspecified atom stereocenters. The summed E-state index contributed by atoms with van der Waals surface area (Å²) in [5.41, 5.74) is 4.92. The van der Waals surface area contributed by atoms with Crippen LogP contribution in [0.1, 0.15) is 46.6 Å². The number of aromatic nitrogens is 1. The molecule has 2 aromatic heterocycles. The molecule has 4 heterocycles. The Hall–Kier alpha value is -3.41. The molecule has 0 bridgehead atoms. The molecule has 0 saturated carbocycles. The van der Waals surface area contributed by atoms with Gasteiger partial charge >= 0.3 is 0 Å². The summed E-state index contributed by atoms with van der Waals surface area (Å²) in [4.78, 5) is 22.5. The first-order valence-electron chi connectivity index (χ1n) is 15.4. The van der Waals surface area contributed by atoms with Crippen LogP contribution in [-0.4, -0.2) is 48.1 Å². The molecule has 232 valence electrons. The van der Waals surface area contributed by atoms with Crippen molar-refractivity contribution < 1.29 is 13.2 Å². The molecule has 0 spiro atoms. The average Bonchev–Trinajstić information content (AvgIpc) is 3.61. The van der Waals surface area contributed by atoms with Crippen molar-refractivity contribution in [3.05, 3.63) is 100 Å². The van der Waals surface area contributed by atoms with Crippen molar-refractivity contribution in [1.82, 2.24) is 14.2 Å². The van der Waals surface area contributed by atoms with E-state index in [0.29, 0.717) is 30.5 Å². The van der Waals surface area contributed by atoms with E-state index in [-0.39, 0.29) is 10.8 Å². The third kappa shape index (κ3) is 6.22. The second-order valence-electron chi connectivity index (χ2n) is 12.4. The zero-order chi connectivity index (χ0) is 31.1. The summed E-state index contributed by atoms with van der Waals surface area (Å²) in [5, 5.41) is 4.89. The maximum Gasteiger partial charge on any atom is 0.256 e. The Morgan fingerprint density at radius 3 is 2.38 bits per heavy atom. The Labute approximate surface area is 272 Å². The van der Waals surface area contributed by atoms with Gasteiger partial charge in [0.05, 0.1) is 15.1 Å². The summed E-state index contributed by atoms with van der Waals surface area (Å²) in [7, 11) is -3.62. The van der Waals surface area contributed by atoms with E-state index in [1.807, 2.05) is 24.3 Å². The third-order valence-corrected chi connectivity index (χ3v) is 12.7. The summed E-state index contributed by atoms with van der Waals surface area (Å²) in [6, 6.07) is 25.0. The van der Waals surface area contributed by atoms with E-state index in [2.05, 4.69) is 54.4 Å². The Bertz CT molecular complexity index is 1910. The lowest BCUT2D eigenvalue weighted by Gasteiger charge is -2.34.